The molecule has 138 valence electrons. The van der Waals surface area contributed by atoms with E-state index in [4.69, 9.17) is 4.98 Å². The van der Waals surface area contributed by atoms with Gasteiger partial charge in [-0.05, 0) is 69.2 Å². The quantitative estimate of drug-likeness (QED) is 0.768. The van der Waals surface area contributed by atoms with Crippen LogP contribution >= 0.6 is 11.8 Å². The van der Waals surface area contributed by atoms with Crippen LogP contribution in [0.2, 0.25) is 0 Å². The van der Waals surface area contributed by atoms with Crippen molar-refractivity contribution in [1.82, 2.24) is 9.55 Å². The molecule has 0 unspecified atom stereocenters. The molecular weight excluding hydrogens is 342 g/mol. The number of aryl methyl sites for hydroxylation is 3. The molecule has 1 aromatic carbocycles. The summed E-state index contributed by atoms with van der Waals surface area (Å²) in [7, 11) is 0. The van der Waals surface area contributed by atoms with Crippen LogP contribution in [0, 0.1) is 13.8 Å². The van der Waals surface area contributed by atoms with Gasteiger partial charge in [0, 0.05) is 17.4 Å². The third-order valence-corrected chi connectivity index (χ3v) is 6.71. The van der Waals surface area contributed by atoms with E-state index in [1.165, 1.54) is 55.3 Å². The van der Waals surface area contributed by atoms with Crippen molar-refractivity contribution in [3.05, 3.63) is 40.7 Å². The van der Waals surface area contributed by atoms with Crippen LogP contribution in [0.5, 0.6) is 0 Å². The van der Waals surface area contributed by atoms with Gasteiger partial charge in [0.15, 0.2) is 5.16 Å². The van der Waals surface area contributed by atoms with Crippen LogP contribution in [-0.2, 0) is 17.6 Å². The first kappa shape index (κ1) is 17.7. The molecule has 2 aliphatic rings. The van der Waals surface area contributed by atoms with E-state index in [0.29, 0.717) is 11.8 Å². The molecule has 0 saturated heterocycles. The zero-order valence-electron chi connectivity index (χ0n) is 15.7. The number of fused-ring (bicyclic) bond motifs is 1. The number of aromatic nitrogens is 2. The predicted octanol–water partition coefficient (Wildman–Crippen LogP) is 4.83. The molecule has 0 atom stereocenters. The Hall–Kier alpha value is -1.75. The van der Waals surface area contributed by atoms with Gasteiger partial charge in [0.05, 0.1) is 11.4 Å². The Kier molecular flexibility index (Phi) is 5.07. The second-order valence-corrected chi connectivity index (χ2v) is 8.49. The van der Waals surface area contributed by atoms with Crippen LogP contribution in [0.3, 0.4) is 0 Å². The van der Waals surface area contributed by atoms with Crippen LogP contribution in [0.25, 0.3) is 0 Å². The molecule has 2 aliphatic carbocycles. The van der Waals surface area contributed by atoms with E-state index in [9.17, 15) is 4.79 Å². The summed E-state index contributed by atoms with van der Waals surface area (Å²) < 4.78 is 2.37. The Morgan fingerprint density at radius 3 is 2.77 bits per heavy atom. The fourth-order valence-corrected chi connectivity index (χ4v) is 5.23. The number of imidazole rings is 1. The predicted molar refractivity (Wildman–Crippen MR) is 107 cm³/mol. The van der Waals surface area contributed by atoms with Gasteiger partial charge in [-0.1, -0.05) is 30.7 Å². The van der Waals surface area contributed by atoms with Gasteiger partial charge in [-0.25, -0.2) is 4.98 Å². The van der Waals surface area contributed by atoms with Gasteiger partial charge >= 0.3 is 0 Å². The average molecular weight is 370 g/mol. The monoisotopic (exact) mass is 369 g/mol. The van der Waals surface area contributed by atoms with Crippen LogP contribution in [-0.4, -0.2) is 21.2 Å². The van der Waals surface area contributed by atoms with E-state index >= 15 is 0 Å². The van der Waals surface area contributed by atoms with E-state index in [-0.39, 0.29) is 5.91 Å². The van der Waals surface area contributed by atoms with Gasteiger partial charge in [0.25, 0.3) is 0 Å². The normalized spacial score (nSPS) is 16.8. The van der Waals surface area contributed by atoms with Crippen molar-refractivity contribution in [1.29, 1.82) is 0 Å². The molecule has 1 N–H and O–H groups in total. The van der Waals surface area contributed by atoms with E-state index in [1.807, 2.05) is 6.07 Å². The zero-order valence-corrected chi connectivity index (χ0v) is 16.5. The molecule has 1 fully saturated rings. The van der Waals surface area contributed by atoms with Crippen LogP contribution < -0.4 is 5.32 Å². The molecular formula is C21H27N3OS. The SMILES string of the molecule is Cc1nc(SCC(=O)Nc2ccc3c(c2)CCC3)n(C2CCCC2)c1C. The Morgan fingerprint density at radius 1 is 1.19 bits per heavy atom. The lowest BCUT2D eigenvalue weighted by atomic mass is 10.1. The lowest BCUT2D eigenvalue weighted by molar-refractivity contribution is -0.113. The number of rotatable bonds is 5. The van der Waals surface area contributed by atoms with Crippen LogP contribution in [0.1, 0.15) is 60.7 Å². The molecule has 1 saturated carbocycles. The van der Waals surface area contributed by atoms with Gasteiger partial charge in [0.2, 0.25) is 5.91 Å². The summed E-state index contributed by atoms with van der Waals surface area (Å²) in [5, 5.41) is 4.05. The van der Waals surface area contributed by atoms with E-state index in [1.54, 1.807) is 11.8 Å². The van der Waals surface area contributed by atoms with Gasteiger partial charge in [-0.3, -0.25) is 4.79 Å². The third-order valence-electron chi connectivity index (χ3n) is 5.76. The molecule has 0 bridgehead atoms. The average Bonchev–Trinajstić information content (AvgIpc) is 3.34. The first-order chi connectivity index (χ1) is 12.6. The number of nitrogens with one attached hydrogen (secondary N) is 1. The number of hydrogen-bond donors (Lipinski definition) is 1. The number of hydrogen-bond acceptors (Lipinski definition) is 3. The van der Waals surface area contributed by atoms with Gasteiger partial charge in [-0.15, -0.1) is 0 Å². The minimum absolute atomic E-state index is 0.0456. The standard InChI is InChI=1S/C21H27N3OS/c1-14-15(2)24(19-8-3-4-9-19)21(22-14)26-13-20(25)23-18-11-10-16-6-5-7-17(16)12-18/h10-12,19H,3-9,13H2,1-2H3,(H,23,25). The third kappa shape index (κ3) is 3.54. The first-order valence-electron chi connectivity index (χ1n) is 9.71. The summed E-state index contributed by atoms with van der Waals surface area (Å²) in [5.74, 6) is 0.448. The fraction of sp³-hybridized carbons (Fsp3) is 0.524. The molecule has 1 amide bonds. The Balaban J connectivity index is 1.41. The van der Waals surface area contributed by atoms with Crippen molar-refractivity contribution in [3.63, 3.8) is 0 Å². The lowest BCUT2D eigenvalue weighted by Gasteiger charge is -2.17. The highest BCUT2D eigenvalue weighted by atomic mass is 32.2. The smallest absolute Gasteiger partial charge is 0.234 e. The molecule has 1 heterocycles. The number of amides is 1. The number of thioether (sulfide) groups is 1. The Bertz CT molecular complexity index is 821. The van der Waals surface area contributed by atoms with E-state index < -0.39 is 0 Å². The highest BCUT2D eigenvalue weighted by Crippen LogP contribution is 2.35. The number of nitrogens with zero attached hydrogens (tertiary/aromatic N) is 2. The number of carbonyl (C=O) groups is 1. The molecule has 1 aromatic heterocycles. The summed E-state index contributed by atoms with van der Waals surface area (Å²) >= 11 is 1.56. The second-order valence-electron chi connectivity index (χ2n) is 7.55. The highest BCUT2D eigenvalue weighted by Gasteiger charge is 2.23. The van der Waals surface area contributed by atoms with Crippen molar-refractivity contribution in [2.24, 2.45) is 0 Å². The molecule has 0 aliphatic heterocycles. The number of anilines is 1. The summed E-state index contributed by atoms with van der Waals surface area (Å²) in [6.45, 7) is 4.21. The zero-order chi connectivity index (χ0) is 18.1. The van der Waals surface area contributed by atoms with Crippen molar-refractivity contribution in [2.75, 3.05) is 11.1 Å². The summed E-state index contributed by atoms with van der Waals surface area (Å²) in [5.41, 5.74) is 6.07. The maximum Gasteiger partial charge on any atom is 0.234 e. The topological polar surface area (TPSA) is 46.9 Å². The lowest BCUT2D eigenvalue weighted by Crippen LogP contribution is -2.15. The molecule has 0 radical (unpaired) electrons. The molecule has 2 aromatic rings. The minimum atomic E-state index is 0.0456. The van der Waals surface area contributed by atoms with Crippen molar-refractivity contribution in [2.45, 2.75) is 70.0 Å². The van der Waals surface area contributed by atoms with E-state index in [2.05, 4.69) is 35.9 Å². The Morgan fingerprint density at radius 2 is 1.96 bits per heavy atom. The van der Waals surface area contributed by atoms with Gasteiger partial charge in [0.1, 0.15) is 0 Å². The summed E-state index contributed by atoms with van der Waals surface area (Å²) in [6, 6.07) is 6.88. The van der Waals surface area contributed by atoms with E-state index in [0.717, 1.165) is 23.0 Å². The molecule has 4 rings (SSSR count). The Labute approximate surface area is 159 Å². The summed E-state index contributed by atoms with van der Waals surface area (Å²) in [4.78, 5) is 17.2. The van der Waals surface area contributed by atoms with Crippen molar-refractivity contribution in [3.8, 4) is 0 Å². The minimum Gasteiger partial charge on any atom is -0.325 e. The second kappa shape index (κ2) is 7.47. The maximum atomic E-state index is 12.4. The van der Waals surface area contributed by atoms with Crippen LogP contribution in [0.15, 0.2) is 23.4 Å². The molecule has 4 nitrogen and oxygen atoms in total. The van der Waals surface area contributed by atoms with Gasteiger partial charge in [-0.2, -0.15) is 0 Å². The van der Waals surface area contributed by atoms with Gasteiger partial charge < -0.3 is 9.88 Å². The van der Waals surface area contributed by atoms with Crippen molar-refractivity contribution < 1.29 is 4.79 Å². The largest absolute Gasteiger partial charge is 0.325 e. The van der Waals surface area contributed by atoms with Crippen LogP contribution in [0.4, 0.5) is 5.69 Å². The molecule has 5 heteroatoms. The summed E-state index contributed by atoms with van der Waals surface area (Å²) in [6.07, 6.45) is 8.57. The first-order valence-corrected chi connectivity index (χ1v) is 10.7. The highest BCUT2D eigenvalue weighted by molar-refractivity contribution is 7.99. The fourth-order valence-electron chi connectivity index (χ4n) is 4.27. The maximum absolute atomic E-state index is 12.4. The number of carbonyl (C=O) groups excluding carboxylic acids is 1. The number of benzene rings is 1. The molecule has 0 spiro atoms. The molecule has 26 heavy (non-hydrogen) atoms. The van der Waals surface area contributed by atoms with Crippen molar-refractivity contribution >= 4 is 23.4 Å².